The van der Waals surface area contributed by atoms with E-state index in [1.54, 1.807) is 6.92 Å². The van der Waals surface area contributed by atoms with Crippen LogP contribution in [0.25, 0.3) is 0 Å². The number of ether oxygens (including phenoxy) is 4. The molecule has 18 atom stereocenters. The van der Waals surface area contributed by atoms with E-state index in [1.807, 2.05) is 0 Å². The lowest BCUT2D eigenvalue weighted by Gasteiger charge is -2.63. The number of carbonyl (C=O) groups is 1. The number of Topliss-reactive ketones (excluding diaryl/α,β-unsaturated/α-hetero) is 1. The third kappa shape index (κ3) is 5.50. The van der Waals surface area contributed by atoms with E-state index in [9.17, 15) is 45.6 Å². The Bertz CT molecular complexity index is 1110. The first-order chi connectivity index (χ1) is 21.7. The summed E-state index contributed by atoms with van der Waals surface area (Å²) < 4.78 is 23.1. The van der Waals surface area contributed by atoms with Gasteiger partial charge in [0.05, 0.1) is 24.9 Å². The van der Waals surface area contributed by atoms with E-state index < -0.39 is 80.2 Å². The van der Waals surface area contributed by atoms with Gasteiger partial charge in [0.2, 0.25) is 0 Å². The van der Waals surface area contributed by atoms with Gasteiger partial charge >= 0.3 is 0 Å². The Hall–Kier alpha value is -0.810. The average molecular weight is 659 g/mol. The third-order valence-electron chi connectivity index (χ3n) is 13.6. The summed E-state index contributed by atoms with van der Waals surface area (Å²) in [5, 5.41) is 84.0. The third-order valence-corrected chi connectivity index (χ3v) is 13.6. The van der Waals surface area contributed by atoms with Crippen molar-refractivity contribution in [2.45, 2.75) is 152 Å². The van der Waals surface area contributed by atoms with Crippen molar-refractivity contribution in [1.29, 1.82) is 0 Å². The van der Waals surface area contributed by atoms with E-state index in [0.717, 1.165) is 44.9 Å². The first kappa shape index (κ1) is 35.0. The zero-order valence-corrected chi connectivity index (χ0v) is 27.1. The van der Waals surface area contributed by atoms with Crippen LogP contribution in [0.3, 0.4) is 0 Å². The summed E-state index contributed by atoms with van der Waals surface area (Å²) in [7, 11) is 0. The number of rotatable bonds is 7. The van der Waals surface area contributed by atoms with E-state index in [2.05, 4.69) is 13.8 Å². The van der Waals surface area contributed by atoms with Crippen molar-refractivity contribution < 1.29 is 64.6 Å². The monoisotopic (exact) mass is 658 g/mol. The fourth-order valence-electron chi connectivity index (χ4n) is 10.7. The maximum absolute atomic E-state index is 12.5. The molecule has 0 spiro atoms. The molecule has 8 N–H and O–H groups in total. The summed E-state index contributed by atoms with van der Waals surface area (Å²) in [5.74, 6) is 0.913. The minimum absolute atomic E-state index is 0.00231. The van der Waals surface area contributed by atoms with E-state index in [4.69, 9.17) is 18.9 Å². The van der Waals surface area contributed by atoms with E-state index >= 15 is 0 Å². The van der Waals surface area contributed by atoms with Crippen molar-refractivity contribution in [3.8, 4) is 0 Å². The second-order valence-electron chi connectivity index (χ2n) is 15.7. The highest BCUT2D eigenvalue weighted by atomic mass is 16.7. The van der Waals surface area contributed by atoms with Crippen LogP contribution in [-0.2, 0) is 23.7 Å². The molecule has 6 aliphatic rings. The molecule has 0 amide bonds. The molecule has 2 saturated heterocycles. The molecule has 13 nitrogen and oxygen atoms in total. The van der Waals surface area contributed by atoms with Crippen molar-refractivity contribution in [3.05, 3.63) is 0 Å². The molecular weight excluding hydrogens is 604 g/mol. The fraction of sp³-hybridized carbons (Fsp3) is 0.970. The first-order valence-electron chi connectivity index (χ1n) is 17.2. The minimum Gasteiger partial charge on any atom is -0.394 e. The van der Waals surface area contributed by atoms with Crippen molar-refractivity contribution in [2.75, 3.05) is 13.2 Å². The Morgan fingerprint density at radius 3 is 2.09 bits per heavy atom. The second kappa shape index (κ2) is 12.8. The van der Waals surface area contributed by atoms with Crippen LogP contribution in [0, 0.1) is 34.5 Å². The predicted molar refractivity (Wildman–Crippen MR) is 159 cm³/mol. The van der Waals surface area contributed by atoms with Crippen LogP contribution in [0.2, 0.25) is 0 Å². The van der Waals surface area contributed by atoms with E-state index in [-0.39, 0.29) is 34.6 Å². The van der Waals surface area contributed by atoms with Gasteiger partial charge in [-0.25, -0.2) is 0 Å². The van der Waals surface area contributed by atoms with Gasteiger partial charge in [-0.3, -0.25) is 4.79 Å². The molecule has 264 valence electrons. The van der Waals surface area contributed by atoms with Gasteiger partial charge < -0.3 is 59.8 Å². The molecule has 13 heteroatoms. The van der Waals surface area contributed by atoms with Crippen LogP contribution in [-0.4, -0.2) is 133 Å². The van der Waals surface area contributed by atoms with E-state index in [0.29, 0.717) is 24.7 Å². The summed E-state index contributed by atoms with van der Waals surface area (Å²) in [6, 6.07) is 0. The molecule has 4 aliphatic carbocycles. The van der Waals surface area contributed by atoms with Gasteiger partial charge in [-0.1, -0.05) is 13.8 Å². The minimum atomic E-state index is -1.64. The van der Waals surface area contributed by atoms with Crippen molar-refractivity contribution in [2.24, 2.45) is 34.5 Å². The molecule has 0 bridgehead atoms. The van der Waals surface area contributed by atoms with Gasteiger partial charge in [0.25, 0.3) is 0 Å². The molecule has 18 unspecified atom stereocenters. The molecule has 2 aliphatic heterocycles. The standard InChI is InChI=1S/C33H54O13/c1-15(35)18-8-11-33(42)20-5-4-16-12-17(6-9-31(16,2)19(20)7-10-32(18,33)3)44-30-28(41)26(39)24(37)22(46-30)14-43-29-27(40)25(38)23(36)21(13-34)45-29/h16-30,34,36-42H,4-14H2,1-3H3. The Labute approximate surface area is 269 Å². The number of aliphatic hydroxyl groups is 8. The molecule has 0 aromatic carbocycles. The number of carbonyl (C=O) groups excluding carboxylic acids is 1. The van der Waals surface area contributed by atoms with Crippen molar-refractivity contribution in [1.82, 2.24) is 0 Å². The zero-order chi connectivity index (χ0) is 33.3. The number of aliphatic hydroxyl groups excluding tert-OH is 7. The van der Waals surface area contributed by atoms with Gasteiger partial charge in [0.1, 0.15) is 54.6 Å². The maximum atomic E-state index is 12.5. The summed E-state index contributed by atoms with van der Waals surface area (Å²) >= 11 is 0. The van der Waals surface area contributed by atoms with Gasteiger partial charge in [-0.05, 0) is 87.9 Å². The SMILES string of the molecule is CC(=O)C1CCC2(O)C3CCC4CC(OC5OC(COC6OC(CO)C(O)C(O)C6O)C(O)C(O)C5O)CCC4(C)C3CCC12C. The quantitative estimate of drug-likeness (QED) is 0.160. The average Bonchev–Trinajstić information content (AvgIpc) is 3.31. The molecule has 46 heavy (non-hydrogen) atoms. The summed E-state index contributed by atoms with van der Waals surface area (Å²) in [4.78, 5) is 12.5. The van der Waals surface area contributed by atoms with Gasteiger partial charge in [-0.2, -0.15) is 0 Å². The Balaban J connectivity index is 1.08. The predicted octanol–water partition coefficient (Wildman–Crippen LogP) is -0.641. The first-order valence-corrected chi connectivity index (χ1v) is 17.2. The largest absolute Gasteiger partial charge is 0.394 e. The van der Waals surface area contributed by atoms with Gasteiger partial charge in [-0.15, -0.1) is 0 Å². The van der Waals surface area contributed by atoms with Crippen LogP contribution in [0.1, 0.15) is 78.6 Å². The van der Waals surface area contributed by atoms with Gasteiger partial charge in [0, 0.05) is 11.3 Å². The van der Waals surface area contributed by atoms with Crippen LogP contribution in [0.4, 0.5) is 0 Å². The van der Waals surface area contributed by atoms with Crippen LogP contribution in [0.5, 0.6) is 0 Å². The topological polar surface area (TPSA) is 216 Å². The fourth-order valence-corrected chi connectivity index (χ4v) is 10.7. The Morgan fingerprint density at radius 1 is 0.761 bits per heavy atom. The molecule has 6 rings (SSSR count). The highest BCUT2D eigenvalue weighted by Gasteiger charge is 2.68. The van der Waals surface area contributed by atoms with Crippen molar-refractivity contribution in [3.63, 3.8) is 0 Å². The molecule has 0 radical (unpaired) electrons. The number of hydrogen-bond acceptors (Lipinski definition) is 13. The lowest BCUT2D eigenvalue weighted by molar-refractivity contribution is -0.338. The number of hydrogen-bond donors (Lipinski definition) is 8. The molecule has 0 aromatic heterocycles. The highest BCUT2D eigenvalue weighted by Crippen LogP contribution is 2.69. The Kier molecular flexibility index (Phi) is 9.76. The Morgan fingerprint density at radius 2 is 1.41 bits per heavy atom. The molecule has 2 heterocycles. The molecule has 4 saturated carbocycles. The second-order valence-corrected chi connectivity index (χ2v) is 15.7. The molecule has 6 fully saturated rings. The zero-order valence-electron chi connectivity index (χ0n) is 27.1. The summed E-state index contributed by atoms with van der Waals surface area (Å²) in [6.07, 6.45) is -7.50. The van der Waals surface area contributed by atoms with Crippen LogP contribution in [0.15, 0.2) is 0 Å². The van der Waals surface area contributed by atoms with Crippen LogP contribution < -0.4 is 0 Å². The normalized spacial score (nSPS) is 55.7. The summed E-state index contributed by atoms with van der Waals surface area (Å²) in [6.45, 7) is 5.10. The smallest absolute Gasteiger partial charge is 0.186 e. The van der Waals surface area contributed by atoms with Crippen LogP contribution >= 0.6 is 0 Å². The number of ketones is 1. The lowest BCUT2D eigenvalue weighted by atomic mass is 9.43. The van der Waals surface area contributed by atoms with Crippen molar-refractivity contribution >= 4 is 5.78 Å². The highest BCUT2D eigenvalue weighted by molar-refractivity contribution is 5.80. The van der Waals surface area contributed by atoms with E-state index in [1.165, 1.54) is 0 Å². The summed E-state index contributed by atoms with van der Waals surface area (Å²) in [5.41, 5.74) is -1.22. The molecule has 0 aromatic rings. The lowest BCUT2D eigenvalue weighted by Crippen LogP contribution is -2.63. The van der Waals surface area contributed by atoms with Gasteiger partial charge in [0.15, 0.2) is 12.6 Å². The number of fused-ring (bicyclic) bond motifs is 5. The maximum Gasteiger partial charge on any atom is 0.186 e. The molecular formula is C33H54O13.